The number of hydrogen-bond donors (Lipinski definition) is 0. The number of rotatable bonds is 0. The van der Waals surface area contributed by atoms with Crippen LogP contribution in [0, 0.1) is 0 Å². The molecule has 1 aliphatic rings. The van der Waals surface area contributed by atoms with E-state index in [9.17, 15) is 17.6 Å². The third-order valence-corrected chi connectivity index (χ3v) is 1.88. The zero-order chi connectivity index (χ0) is 8.65. The van der Waals surface area contributed by atoms with Gasteiger partial charge in [-0.15, -0.1) is 0 Å². The Morgan fingerprint density at radius 3 is 2.33 bits per heavy atom. The van der Waals surface area contributed by atoms with Crippen molar-refractivity contribution in [1.29, 1.82) is 0 Å². The molecule has 0 amide bonds. The van der Waals surface area contributed by atoms with Gasteiger partial charge in [0, 0.05) is 0 Å². The average molecular weight is 255 g/mol. The van der Waals surface area contributed by atoms with Crippen LogP contribution in [0.15, 0.2) is 23.8 Å². The normalized spacial score (nSPS) is 35.0. The largest absolute Gasteiger partial charge is 1.00 e. The van der Waals surface area contributed by atoms with Crippen LogP contribution in [0.5, 0.6) is 0 Å². The molecule has 0 bridgehead atoms. The maximum Gasteiger partial charge on any atom is -1.00 e. The number of halogens is 5. The standard InChI is InChI=1S/C6H3F4.BrH.Mg/c7-3-1-4(8)6(10)5(9)2-3;;/h1-2,6H;1H;/q;;+1/p-1. The van der Waals surface area contributed by atoms with Gasteiger partial charge in [0.05, 0.1) is 0 Å². The van der Waals surface area contributed by atoms with E-state index in [0.717, 1.165) is 0 Å². The van der Waals surface area contributed by atoms with Gasteiger partial charge in [0.1, 0.15) is 0 Å². The van der Waals surface area contributed by atoms with Crippen LogP contribution < -0.4 is 17.0 Å². The first-order valence-corrected chi connectivity index (χ1v) is 3.58. The smallest absolute Gasteiger partial charge is 1.00 e. The summed E-state index contributed by atoms with van der Waals surface area (Å²) in [5.41, 5.74) is 0. The van der Waals surface area contributed by atoms with Crippen molar-refractivity contribution < 1.29 is 34.5 Å². The monoisotopic (exact) mass is 254 g/mol. The van der Waals surface area contributed by atoms with E-state index in [1.54, 1.807) is 0 Å². The number of alkyl halides is 2. The molecule has 0 saturated carbocycles. The molecule has 0 N–H and O–H groups in total. The van der Waals surface area contributed by atoms with Crippen LogP contribution in [0.2, 0.25) is 0 Å². The minimum atomic E-state index is -2.54. The van der Waals surface area contributed by atoms with Gasteiger partial charge in [-0.05, 0) is 0 Å². The van der Waals surface area contributed by atoms with Gasteiger partial charge < -0.3 is 17.0 Å². The molecular formula is C6H3BrF4Mg. The third-order valence-electron chi connectivity index (χ3n) is 1.32. The summed E-state index contributed by atoms with van der Waals surface area (Å²) in [6, 6.07) is 0. The van der Waals surface area contributed by atoms with E-state index in [0.29, 0.717) is 33.9 Å². The fourth-order valence-corrected chi connectivity index (χ4v) is 1.17. The molecule has 0 radical (unpaired) electrons. The Morgan fingerprint density at radius 2 is 1.92 bits per heavy atom. The molecule has 0 aliphatic heterocycles. The van der Waals surface area contributed by atoms with Crippen molar-refractivity contribution in [3.63, 3.8) is 0 Å². The van der Waals surface area contributed by atoms with Gasteiger partial charge in [0.2, 0.25) is 0 Å². The Bertz CT molecular complexity index is 236. The molecule has 64 valence electrons. The first-order chi connectivity index (χ1) is 4.93. The van der Waals surface area contributed by atoms with Crippen LogP contribution >= 0.6 is 0 Å². The molecule has 0 spiro atoms. The predicted octanol–water partition coefficient (Wildman–Crippen LogP) is -1.12. The molecule has 0 fully saturated rings. The van der Waals surface area contributed by atoms with Gasteiger partial charge in [-0.2, -0.15) is 0 Å². The van der Waals surface area contributed by atoms with Crippen molar-refractivity contribution in [2.75, 3.05) is 0 Å². The molecule has 0 aromatic rings. The summed E-state index contributed by atoms with van der Waals surface area (Å²) in [6.45, 7) is 0. The molecule has 0 saturated heterocycles. The summed E-state index contributed by atoms with van der Waals surface area (Å²) in [7, 11) is 0. The summed E-state index contributed by atoms with van der Waals surface area (Å²) in [5, 5.41) is 0. The van der Waals surface area contributed by atoms with Crippen molar-refractivity contribution in [3.05, 3.63) is 23.8 Å². The fourth-order valence-electron chi connectivity index (χ4n) is 0.778. The Hall–Kier alpha value is 0.446. The van der Waals surface area contributed by atoms with E-state index >= 15 is 0 Å². The molecule has 1 aliphatic carbocycles. The molecule has 1 rings (SSSR count). The Labute approximate surface area is 89.9 Å². The SMILES string of the molecule is FC1=C[C](F)([Mg+])C(F)C(F)=C1.[Br-]. The van der Waals surface area contributed by atoms with Crippen molar-refractivity contribution in [3.8, 4) is 0 Å². The topological polar surface area (TPSA) is 0 Å². The summed E-state index contributed by atoms with van der Waals surface area (Å²) in [6.07, 6.45) is -1.60. The second-order valence-electron chi connectivity index (χ2n) is 2.35. The summed E-state index contributed by atoms with van der Waals surface area (Å²) < 4.78 is 47.3. The van der Waals surface area contributed by atoms with E-state index in [4.69, 9.17) is 0 Å². The quantitative estimate of drug-likeness (QED) is 0.380. The zero-order valence-corrected chi connectivity index (χ0v) is 8.83. The maximum absolute atomic E-state index is 12.8. The Balaban J connectivity index is 0.00000121. The molecule has 0 heterocycles. The molecule has 12 heavy (non-hydrogen) atoms. The number of allylic oxidation sites excluding steroid dienone is 4. The van der Waals surface area contributed by atoms with Gasteiger partial charge in [0.15, 0.2) is 0 Å². The fraction of sp³-hybridized carbons (Fsp3) is 0.333. The second-order valence-corrected chi connectivity index (χ2v) is 3.43. The average Bonchev–Trinajstić information content (AvgIpc) is 1.81. The first kappa shape index (κ1) is 12.4. The van der Waals surface area contributed by atoms with Crippen LogP contribution in [-0.2, 0) is 0 Å². The van der Waals surface area contributed by atoms with Gasteiger partial charge in [-0.1, -0.05) is 0 Å². The first-order valence-electron chi connectivity index (χ1n) is 2.87. The van der Waals surface area contributed by atoms with E-state index in [1.807, 2.05) is 0 Å². The molecule has 2 atom stereocenters. The third kappa shape index (κ3) is 2.46. The Morgan fingerprint density at radius 1 is 1.42 bits per heavy atom. The van der Waals surface area contributed by atoms with Crippen molar-refractivity contribution in [2.24, 2.45) is 0 Å². The van der Waals surface area contributed by atoms with E-state index in [2.05, 4.69) is 0 Å². The summed E-state index contributed by atoms with van der Waals surface area (Å²) in [4.78, 5) is 0. The molecule has 0 nitrogen and oxygen atoms in total. The van der Waals surface area contributed by atoms with Crippen LogP contribution in [0.3, 0.4) is 0 Å². The van der Waals surface area contributed by atoms with Gasteiger partial charge >= 0.3 is 73.0 Å². The van der Waals surface area contributed by atoms with Crippen LogP contribution in [-0.4, -0.2) is 31.7 Å². The van der Waals surface area contributed by atoms with Gasteiger partial charge in [0.25, 0.3) is 0 Å². The maximum atomic E-state index is 12.8. The molecule has 0 aromatic heterocycles. The van der Waals surface area contributed by atoms with Crippen LogP contribution in [0.4, 0.5) is 17.6 Å². The molecule has 0 aromatic carbocycles. The second kappa shape index (κ2) is 4.10. The summed E-state index contributed by atoms with van der Waals surface area (Å²) >= 11 is 0.571. The molecule has 6 heteroatoms. The Kier molecular flexibility index (Phi) is 4.26. The summed E-state index contributed by atoms with van der Waals surface area (Å²) in [5.74, 6) is -2.48. The molecular weight excluding hydrogens is 252 g/mol. The van der Waals surface area contributed by atoms with Gasteiger partial charge in [-0.25, -0.2) is 0 Å². The number of hydrogen-bond acceptors (Lipinski definition) is 0. The van der Waals surface area contributed by atoms with Crippen molar-refractivity contribution >= 4 is 21.7 Å². The van der Waals surface area contributed by atoms with Crippen molar-refractivity contribution in [1.82, 2.24) is 0 Å². The van der Waals surface area contributed by atoms with Crippen molar-refractivity contribution in [2.45, 2.75) is 9.97 Å². The van der Waals surface area contributed by atoms with E-state index in [-0.39, 0.29) is 17.0 Å². The predicted molar refractivity (Wildman–Crippen MR) is 32.9 cm³/mol. The minimum Gasteiger partial charge on any atom is -1.00 e. The van der Waals surface area contributed by atoms with Crippen LogP contribution in [0.1, 0.15) is 0 Å². The zero-order valence-electron chi connectivity index (χ0n) is 5.83. The van der Waals surface area contributed by atoms with E-state index < -0.39 is 21.6 Å². The van der Waals surface area contributed by atoms with E-state index in [1.165, 1.54) is 0 Å². The molecule has 2 unspecified atom stereocenters. The van der Waals surface area contributed by atoms with Gasteiger partial charge in [-0.3, -0.25) is 0 Å². The minimum absolute atomic E-state index is 0. The van der Waals surface area contributed by atoms with Crippen LogP contribution in [0.25, 0.3) is 0 Å².